The molecule has 1 aromatic rings. The number of ether oxygens (including phenoxy) is 2. The maximum atomic E-state index is 5.60. The third-order valence-electron chi connectivity index (χ3n) is 2.57. The summed E-state index contributed by atoms with van der Waals surface area (Å²) in [5.74, 6) is 6.28. The lowest BCUT2D eigenvalue weighted by molar-refractivity contribution is -0.0121. The molecule has 1 aliphatic heterocycles. The fourth-order valence-corrected chi connectivity index (χ4v) is 2.10. The molecule has 0 spiro atoms. The lowest BCUT2D eigenvalue weighted by Gasteiger charge is -2.22. The van der Waals surface area contributed by atoms with Gasteiger partial charge in [-0.2, -0.15) is 0 Å². The first-order valence-corrected chi connectivity index (χ1v) is 6.32. The predicted octanol–water partition coefficient (Wildman–Crippen LogP) is 1.47. The molecule has 1 aromatic heterocycles. The lowest BCUT2D eigenvalue weighted by Crippen LogP contribution is -2.26. The summed E-state index contributed by atoms with van der Waals surface area (Å²) in [6.07, 6.45) is 4.91. The highest BCUT2D eigenvalue weighted by molar-refractivity contribution is 9.10. The summed E-state index contributed by atoms with van der Waals surface area (Å²) in [4.78, 5) is 7.99. The third-order valence-corrected chi connectivity index (χ3v) is 3.29. The van der Waals surface area contributed by atoms with E-state index in [-0.39, 0.29) is 6.10 Å². The summed E-state index contributed by atoms with van der Waals surface area (Å²) in [6.45, 7) is 1.31. The molecule has 7 heteroatoms. The van der Waals surface area contributed by atoms with E-state index in [0.717, 1.165) is 19.4 Å². The maximum Gasteiger partial charge on any atom is 0.233 e. The fraction of sp³-hybridized carbons (Fsp3) is 0.600. The van der Waals surface area contributed by atoms with Crippen LogP contribution in [0.25, 0.3) is 0 Å². The van der Waals surface area contributed by atoms with E-state index in [0.29, 0.717) is 22.8 Å². The Labute approximate surface area is 108 Å². The van der Waals surface area contributed by atoms with Crippen LogP contribution in [0.2, 0.25) is 0 Å². The number of aromatic nitrogens is 2. The Bertz CT molecular complexity index is 371. The van der Waals surface area contributed by atoms with Crippen molar-refractivity contribution in [2.24, 2.45) is 5.84 Å². The van der Waals surface area contributed by atoms with E-state index in [1.165, 1.54) is 12.7 Å². The normalized spacial score (nSPS) is 20.0. The van der Waals surface area contributed by atoms with Gasteiger partial charge in [-0.1, -0.05) is 0 Å². The van der Waals surface area contributed by atoms with Gasteiger partial charge in [0.1, 0.15) is 17.4 Å². The van der Waals surface area contributed by atoms with Crippen molar-refractivity contribution in [3.63, 3.8) is 0 Å². The maximum absolute atomic E-state index is 5.60. The summed E-state index contributed by atoms with van der Waals surface area (Å²) in [5.41, 5.74) is 2.46. The molecule has 0 amide bonds. The van der Waals surface area contributed by atoms with Crippen LogP contribution in [-0.2, 0) is 4.74 Å². The summed E-state index contributed by atoms with van der Waals surface area (Å²) in [5, 5.41) is 0. The standard InChI is InChI=1S/C10H15BrN4O2/c11-8-9(15-12)13-6-14-10(8)17-5-7-3-1-2-4-16-7/h6-7H,1-5,12H2,(H,13,14,15). The van der Waals surface area contributed by atoms with E-state index in [2.05, 4.69) is 31.3 Å². The monoisotopic (exact) mass is 302 g/mol. The van der Waals surface area contributed by atoms with Gasteiger partial charge in [0.05, 0.1) is 6.10 Å². The summed E-state index contributed by atoms with van der Waals surface area (Å²) in [7, 11) is 0. The molecule has 0 aromatic carbocycles. The lowest BCUT2D eigenvalue weighted by atomic mass is 10.1. The minimum atomic E-state index is 0.153. The van der Waals surface area contributed by atoms with Crippen LogP contribution in [-0.4, -0.2) is 29.3 Å². The number of nitrogens with two attached hydrogens (primary N) is 1. The van der Waals surface area contributed by atoms with Crippen molar-refractivity contribution in [1.29, 1.82) is 0 Å². The van der Waals surface area contributed by atoms with Gasteiger partial charge in [-0.25, -0.2) is 15.8 Å². The topological polar surface area (TPSA) is 82.3 Å². The Balaban J connectivity index is 1.93. The van der Waals surface area contributed by atoms with Gasteiger partial charge in [-0.15, -0.1) is 0 Å². The van der Waals surface area contributed by atoms with Gasteiger partial charge in [0, 0.05) is 6.61 Å². The molecule has 3 N–H and O–H groups in total. The highest BCUT2D eigenvalue weighted by Crippen LogP contribution is 2.28. The number of hydrazine groups is 1. The number of anilines is 1. The Morgan fingerprint density at radius 1 is 1.53 bits per heavy atom. The summed E-state index contributed by atoms with van der Waals surface area (Å²) in [6, 6.07) is 0. The molecule has 0 radical (unpaired) electrons. The van der Waals surface area contributed by atoms with Gasteiger partial charge in [0.2, 0.25) is 5.88 Å². The van der Waals surface area contributed by atoms with E-state index in [1.54, 1.807) is 0 Å². The number of nitrogen functional groups attached to an aromatic ring is 1. The van der Waals surface area contributed by atoms with Crippen LogP contribution in [0.5, 0.6) is 5.88 Å². The van der Waals surface area contributed by atoms with Crippen molar-refractivity contribution in [2.75, 3.05) is 18.6 Å². The van der Waals surface area contributed by atoms with Crippen molar-refractivity contribution in [3.05, 3.63) is 10.8 Å². The first kappa shape index (κ1) is 12.5. The van der Waals surface area contributed by atoms with Crippen LogP contribution in [0.3, 0.4) is 0 Å². The summed E-state index contributed by atoms with van der Waals surface area (Å²) < 4.78 is 11.8. The predicted molar refractivity (Wildman–Crippen MR) is 66.6 cm³/mol. The Kier molecular flexibility index (Phi) is 4.52. The van der Waals surface area contributed by atoms with E-state index in [4.69, 9.17) is 15.3 Å². The van der Waals surface area contributed by atoms with E-state index in [1.807, 2.05) is 0 Å². The molecule has 6 nitrogen and oxygen atoms in total. The fourth-order valence-electron chi connectivity index (χ4n) is 1.67. The molecule has 0 bridgehead atoms. The second-order valence-corrected chi connectivity index (χ2v) is 4.58. The largest absolute Gasteiger partial charge is 0.474 e. The van der Waals surface area contributed by atoms with Gasteiger partial charge >= 0.3 is 0 Å². The zero-order valence-electron chi connectivity index (χ0n) is 9.36. The van der Waals surface area contributed by atoms with Crippen LogP contribution in [0, 0.1) is 0 Å². The average Bonchev–Trinajstić information content (AvgIpc) is 2.39. The minimum absolute atomic E-state index is 0.153. The minimum Gasteiger partial charge on any atom is -0.474 e. The molecule has 94 valence electrons. The number of nitrogens with one attached hydrogen (secondary N) is 1. The first-order chi connectivity index (χ1) is 8.31. The molecule has 1 unspecified atom stereocenters. The van der Waals surface area contributed by atoms with Crippen molar-refractivity contribution < 1.29 is 9.47 Å². The van der Waals surface area contributed by atoms with Crippen molar-refractivity contribution >= 4 is 21.7 Å². The highest BCUT2D eigenvalue weighted by atomic mass is 79.9. The number of hydrogen-bond donors (Lipinski definition) is 2. The van der Waals surface area contributed by atoms with E-state index < -0.39 is 0 Å². The molecule has 1 saturated heterocycles. The molecule has 1 aliphatic rings. The molecule has 1 atom stereocenters. The van der Waals surface area contributed by atoms with E-state index in [9.17, 15) is 0 Å². The number of rotatable bonds is 4. The van der Waals surface area contributed by atoms with E-state index >= 15 is 0 Å². The highest BCUT2D eigenvalue weighted by Gasteiger charge is 2.16. The van der Waals surface area contributed by atoms with Gasteiger partial charge in [-0.05, 0) is 35.2 Å². The Morgan fingerprint density at radius 3 is 3.12 bits per heavy atom. The molecular weight excluding hydrogens is 288 g/mol. The second-order valence-electron chi connectivity index (χ2n) is 3.79. The van der Waals surface area contributed by atoms with Crippen LogP contribution in [0.4, 0.5) is 5.82 Å². The van der Waals surface area contributed by atoms with Crippen molar-refractivity contribution in [2.45, 2.75) is 25.4 Å². The summed E-state index contributed by atoms with van der Waals surface area (Å²) >= 11 is 3.33. The van der Waals surface area contributed by atoms with Crippen LogP contribution in [0.15, 0.2) is 10.8 Å². The first-order valence-electron chi connectivity index (χ1n) is 5.52. The van der Waals surface area contributed by atoms with Gasteiger partial charge < -0.3 is 14.9 Å². The number of halogens is 1. The van der Waals surface area contributed by atoms with Crippen molar-refractivity contribution in [3.8, 4) is 5.88 Å². The van der Waals surface area contributed by atoms with Crippen LogP contribution >= 0.6 is 15.9 Å². The van der Waals surface area contributed by atoms with Crippen molar-refractivity contribution in [1.82, 2.24) is 9.97 Å². The zero-order chi connectivity index (χ0) is 12.1. The quantitative estimate of drug-likeness (QED) is 0.647. The molecule has 2 rings (SSSR count). The second kappa shape index (κ2) is 6.13. The SMILES string of the molecule is NNc1ncnc(OCC2CCCCO2)c1Br. The van der Waals surface area contributed by atoms with Crippen LogP contribution < -0.4 is 16.0 Å². The van der Waals surface area contributed by atoms with Gasteiger partial charge in [0.15, 0.2) is 5.82 Å². The molecule has 0 aliphatic carbocycles. The molecule has 1 fully saturated rings. The molecule has 2 heterocycles. The Hall–Kier alpha value is -0.920. The zero-order valence-corrected chi connectivity index (χ0v) is 10.9. The number of nitrogens with zero attached hydrogens (tertiary/aromatic N) is 2. The van der Waals surface area contributed by atoms with Gasteiger partial charge in [0.25, 0.3) is 0 Å². The Morgan fingerprint density at radius 2 is 2.41 bits per heavy atom. The van der Waals surface area contributed by atoms with Crippen LogP contribution in [0.1, 0.15) is 19.3 Å². The molecular formula is C10H15BrN4O2. The average molecular weight is 303 g/mol. The third kappa shape index (κ3) is 3.27. The molecule has 17 heavy (non-hydrogen) atoms. The smallest absolute Gasteiger partial charge is 0.233 e. The number of hydrogen-bond acceptors (Lipinski definition) is 6. The van der Waals surface area contributed by atoms with Gasteiger partial charge in [-0.3, -0.25) is 0 Å². The molecule has 0 saturated carbocycles.